The number of ether oxygens (including phenoxy) is 1. The van der Waals surface area contributed by atoms with E-state index in [0.717, 1.165) is 26.0 Å². The van der Waals surface area contributed by atoms with Gasteiger partial charge in [0.2, 0.25) is 5.91 Å². The number of carbonyl (C=O) groups excluding carboxylic acids is 1. The highest BCUT2D eigenvalue weighted by Gasteiger charge is 2.60. The van der Waals surface area contributed by atoms with E-state index in [-0.39, 0.29) is 28.8 Å². The first-order chi connectivity index (χ1) is 10.5. The molecule has 1 saturated heterocycles. The molecule has 0 aromatic heterocycles. The molecule has 1 amide bonds. The van der Waals surface area contributed by atoms with Crippen molar-refractivity contribution in [1.29, 1.82) is 0 Å². The Bertz CT molecular complexity index is 469. The van der Waals surface area contributed by atoms with Crippen molar-refractivity contribution in [2.24, 2.45) is 28.6 Å². The van der Waals surface area contributed by atoms with E-state index in [2.05, 4.69) is 59.9 Å². The first kappa shape index (κ1) is 18.5. The van der Waals surface area contributed by atoms with Crippen molar-refractivity contribution >= 4 is 5.91 Å². The van der Waals surface area contributed by atoms with E-state index in [9.17, 15) is 4.79 Å². The molecule has 132 valence electrons. The molecule has 4 atom stereocenters. The second-order valence-corrected chi connectivity index (χ2v) is 9.37. The summed E-state index contributed by atoms with van der Waals surface area (Å²) in [5.74, 6) is 1.15. The van der Waals surface area contributed by atoms with Gasteiger partial charge >= 0.3 is 0 Å². The zero-order valence-corrected chi connectivity index (χ0v) is 16.0. The van der Waals surface area contributed by atoms with Crippen molar-refractivity contribution in [1.82, 2.24) is 5.32 Å². The Labute approximate surface area is 142 Å². The van der Waals surface area contributed by atoms with E-state index in [1.165, 1.54) is 5.57 Å². The predicted octanol–water partition coefficient (Wildman–Crippen LogP) is 4.18. The topological polar surface area (TPSA) is 38.3 Å². The highest BCUT2D eigenvalue weighted by atomic mass is 16.5. The zero-order valence-electron chi connectivity index (χ0n) is 16.0. The molecule has 3 nitrogen and oxygen atoms in total. The van der Waals surface area contributed by atoms with Gasteiger partial charge in [0.05, 0.1) is 12.0 Å². The van der Waals surface area contributed by atoms with Crippen LogP contribution >= 0.6 is 0 Å². The Morgan fingerprint density at radius 1 is 1.30 bits per heavy atom. The first-order valence-electron chi connectivity index (χ1n) is 9.09. The molecule has 0 radical (unpaired) electrons. The molecule has 1 saturated carbocycles. The van der Waals surface area contributed by atoms with Gasteiger partial charge in [0, 0.05) is 19.1 Å². The number of hydrogen-bond acceptors (Lipinski definition) is 2. The van der Waals surface area contributed by atoms with Gasteiger partial charge in [-0.25, -0.2) is 0 Å². The summed E-state index contributed by atoms with van der Waals surface area (Å²) in [6.45, 7) is 16.9. The second-order valence-electron chi connectivity index (χ2n) is 9.37. The lowest BCUT2D eigenvalue weighted by atomic mass is 9.78. The third-order valence-electron chi connectivity index (χ3n) is 5.54. The fourth-order valence-corrected chi connectivity index (χ4v) is 4.20. The van der Waals surface area contributed by atoms with E-state index in [1.54, 1.807) is 0 Å². The lowest BCUT2D eigenvalue weighted by molar-refractivity contribution is -0.125. The summed E-state index contributed by atoms with van der Waals surface area (Å²) in [6, 6.07) is 0. The molecule has 2 rings (SSSR count). The maximum atomic E-state index is 12.6. The summed E-state index contributed by atoms with van der Waals surface area (Å²) in [5.41, 5.74) is 1.51. The summed E-state index contributed by atoms with van der Waals surface area (Å²) >= 11 is 0. The SMILES string of the molecule is CC(C)=C[C@@H]1[C@H](C(=O)NC[C@H]2CCCO[C@H]2C(C)(C)C)C1(C)C. The molecule has 1 heterocycles. The van der Waals surface area contributed by atoms with Gasteiger partial charge in [-0.15, -0.1) is 0 Å². The molecule has 1 N–H and O–H groups in total. The van der Waals surface area contributed by atoms with Gasteiger partial charge in [-0.2, -0.15) is 0 Å². The molecule has 0 aromatic carbocycles. The standard InChI is InChI=1S/C20H35NO2/c1-13(2)11-15-16(20(15,6)7)18(22)21-12-14-9-8-10-23-17(14)19(3,4)5/h11,14-17H,8-10,12H2,1-7H3,(H,21,22)/t14-,15-,16-,17-/m1/s1. The second kappa shape index (κ2) is 6.58. The Morgan fingerprint density at radius 3 is 2.52 bits per heavy atom. The summed E-state index contributed by atoms with van der Waals surface area (Å²) in [5, 5.41) is 3.23. The van der Waals surface area contributed by atoms with Crippen LogP contribution in [0.5, 0.6) is 0 Å². The molecule has 1 aliphatic heterocycles. The molecule has 0 bridgehead atoms. The van der Waals surface area contributed by atoms with Gasteiger partial charge in [-0.3, -0.25) is 4.79 Å². The lowest BCUT2D eigenvalue weighted by Gasteiger charge is -2.40. The lowest BCUT2D eigenvalue weighted by Crippen LogP contribution is -2.45. The van der Waals surface area contributed by atoms with Crippen LogP contribution in [0.2, 0.25) is 0 Å². The van der Waals surface area contributed by atoms with Crippen LogP contribution in [0.1, 0.15) is 61.3 Å². The van der Waals surface area contributed by atoms with Gasteiger partial charge in [0.25, 0.3) is 0 Å². The molecule has 23 heavy (non-hydrogen) atoms. The fraction of sp³-hybridized carbons (Fsp3) is 0.850. The summed E-state index contributed by atoms with van der Waals surface area (Å²) in [4.78, 5) is 12.6. The number of amides is 1. The van der Waals surface area contributed by atoms with Gasteiger partial charge in [0.1, 0.15) is 0 Å². The minimum Gasteiger partial charge on any atom is -0.377 e. The monoisotopic (exact) mass is 321 g/mol. The fourth-order valence-electron chi connectivity index (χ4n) is 4.20. The van der Waals surface area contributed by atoms with Crippen molar-refractivity contribution in [3.05, 3.63) is 11.6 Å². The molecule has 0 unspecified atom stereocenters. The van der Waals surface area contributed by atoms with Crippen LogP contribution < -0.4 is 5.32 Å². The molecular weight excluding hydrogens is 286 g/mol. The van der Waals surface area contributed by atoms with Crippen molar-refractivity contribution in [2.45, 2.75) is 67.4 Å². The minimum absolute atomic E-state index is 0.0911. The van der Waals surface area contributed by atoms with Gasteiger partial charge in [0.15, 0.2) is 0 Å². The van der Waals surface area contributed by atoms with Crippen molar-refractivity contribution in [3.63, 3.8) is 0 Å². The van der Waals surface area contributed by atoms with Gasteiger partial charge in [-0.05, 0) is 43.4 Å². The van der Waals surface area contributed by atoms with E-state index in [4.69, 9.17) is 4.74 Å². The Hall–Kier alpha value is -0.830. The quantitative estimate of drug-likeness (QED) is 0.789. The minimum atomic E-state index is 0.0911. The zero-order chi connectivity index (χ0) is 17.4. The van der Waals surface area contributed by atoms with Crippen molar-refractivity contribution in [2.75, 3.05) is 13.2 Å². The van der Waals surface area contributed by atoms with E-state index in [1.807, 2.05) is 0 Å². The number of carbonyl (C=O) groups is 1. The highest BCUT2D eigenvalue weighted by Crippen LogP contribution is 2.59. The maximum absolute atomic E-state index is 12.6. The van der Waals surface area contributed by atoms with E-state index < -0.39 is 0 Å². The summed E-state index contributed by atoms with van der Waals surface area (Å²) in [7, 11) is 0. The smallest absolute Gasteiger partial charge is 0.224 e. The van der Waals surface area contributed by atoms with Crippen molar-refractivity contribution in [3.8, 4) is 0 Å². The highest BCUT2D eigenvalue weighted by molar-refractivity contribution is 5.83. The van der Waals surface area contributed by atoms with E-state index >= 15 is 0 Å². The van der Waals surface area contributed by atoms with Crippen molar-refractivity contribution < 1.29 is 9.53 Å². The molecule has 2 aliphatic rings. The van der Waals surface area contributed by atoms with Crippen LogP contribution in [0.25, 0.3) is 0 Å². The molecule has 3 heteroatoms. The first-order valence-corrected chi connectivity index (χ1v) is 9.09. The van der Waals surface area contributed by atoms with Crippen LogP contribution in [0.3, 0.4) is 0 Å². The van der Waals surface area contributed by atoms with Gasteiger partial charge in [-0.1, -0.05) is 46.3 Å². The molecule has 0 aromatic rings. The number of allylic oxidation sites excluding steroid dienone is 2. The Balaban J connectivity index is 1.93. The third-order valence-corrected chi connectivity index (χ3v) is 5.54. The number of hydrogen-bond donors (Lipinski definition) is 1. The van der Waals surface area contributed by atoms with Gasteiger partial charge < -0.3 is 10.1 Å². The average Bonchev–Trinajstić information content (AvgIpc) is 2.95. The number of rotatable bonds is 4. The van der Waals surface area contributed by atoms with Crippen LogP contribution in [-0.2, 0) is 9.53 Å². The summed E-state index contributed by atoms with van der Waals surface area (Å²) < 4.78 is 6.02. The van der Waals surface area contributed by atoms with Crippen LogP contribution in [0, 0.1) is 28.6 Å². The van der Waals surface area contributed by atoms with E-state index in [0.29, 0.717) is 11.8 Å². The largest absolute Gasteiger partial charge is 0.377 e. The van der Waals surface area contributed by atoms with Crippen LogP contribution in [0.15, 0.2) is 11.6 Å². The number of nitrogens with one attached hydrogen (secondary N) is 1. The predicted molar refractivity (Wildman–Crippen MR) is 95.1 cm³/mol. The molecule has 1 aliphatic carbocycles. The average molecular weight is 322 g/mol. The van der Waals surface area contributed by atoms with Crippen LogP contribution in [0.4, 0.5) is 0 Å². The molecule has 0 spiro atoms. The summed E-state index contributed by atoms with van der Waals surface area (Å²) in [6.07, 6.45) is 4.74. The molecular formula is C20H35NO2. The Kier molecular flexibility index (Phi) is 5.30. The normalized spacial score (nSPS) is 33.0. The van der Waals surface area contributed by atoms with Crippen LogP contribution in [-0.4, -0.2) is 25.2 Å². The maximum Gasteiger partial charge on any atom is 0.224 e. The Morgan fingerprint density at radius 2 is 1.96 bits per heavy atom. The third kappa shape index (κ3) is 4.17. The molecule has 2 fully saturated rings.